The molecular weight excluding hydrogens is 323 g/mol. The van der Waals surface area contributed by atoms with Crippen molar-refractivity contribution in [2.24, 2.45) is 11.8 Å². The maximum atomic E-state index is 13.6. The minimum atomic E-state index is -0.730. The number of hydrogen-bond donors (Lipinski definition) is 2. The van der Waals surface area contributed by atoms with Gasteiger partial charge in [0, 0.05) is 44.3 Å². The zero-order valence-corrected chi connectivity index (χ0v) is 14.7. The number of halogens is 1. The Kier molecular flexibility index (Phi) is 5.59. The third-order valence-electron chi connectivity index (χ3n) is 5.73. The molecule has 2 amide bonds. The van der Waals surface area contributed by atoms with Crippen LogP contribution in [0.1, 0.15) is 31.7 Å². The molecule has 2 aliphatic rings. The highest BCUT2D eigenvalue weighted by atomic mass is 19.1. The zero-order valence-electron chi connectivity index (χ0n) is 14.7. The average Bonchev–Trinajstić information content (AvgIpc) is 2.64. The summed E-state index contributed by atoms with van der Waals surface area (Å²) in [6, 6.07) is 6.23. The Morgan fingerprint density at radius 1 is 1.40 bits per heavy atom. The second kappa shape index (κ2) is 7.70. The molecule has 2 N–H and O–H groups in total. The van der Waals surface area contributed by atoms with Crippen molar-refractivity contribution in [1.82, 2.24) is 10.2 Å². The number of urea groups is 1. The van der Waals surface area contributed by atoms with Crippen molar-refractivity contribution in [3.8, 4) is 0 Å². The number of rotatable bonds is 3. The van der Waals surface area contributed by atoms with Gasteiger partial charge in [-0.3, -0.25) is 0 Å². The molecule has 1 aromatic carbocycles. The van der Waals surface area contributed by atoms with E-state index in [4.69, 9.17) is 4.74 Å². The molecule has 0 spiro atoms. The minimum Gasteiger partial charge on any atom is -0.389 e. The van der Waals surface area contributed by atoms with E-state index in [0.29, 0.717) is 38.3 Å². The Morgan fingerprint density at radius 2 is 2.12 bits per heavy atom. The van der Waals surface area contributed by atoms with Crippen molar-refractivity contribution in [3.05, 3.63) is 35.6 Å². The number of hydrogen-bond acceptors (Lipinski definition) is 3. The molecule has 2 aliphatic heterocycles. The Labute approximate surface area is 148 Å². The summed E-state index contributed by atoms with van der Waals surface area (Å²) in [4.78, 5) is 14.1. The van der Waals surface area contributed by atoms with Gasteiger partial charge in [-0.1, -0.05) is 25.1 Å². The van der Waals surface area contributed by atoms with Gasteiger partial charge < -0.3 is 20.1 Å². The van der Waals surface area contributed by atoms with Gasteiger partial charge in [0.2, 0.25) is 0 Å². The van der Waals surface area contributed by atoms with Gasteiger partial charge in [-0.25, -0.2) is 9.18 Å². The Balaban J connectivity index is 1.55. The molecule has 1 aromatic rings. The predicted molar refractivity (Wildman–Crippen MR) is 92.5 cm³/mol. The molecule has 0 saturated carbocycles. The van der Waals surface area contributed by atoms with Gasteiger partial charge in [0.1, 0.15) is 5.82 Å². The Bertz CT molecular complexity index is 606. The zero-order chi connectivity index (χ0) is 17.9. The molecule has 5 nitrogen and oxygen atoms in total. The number of likely N-dealkylation sites (tertiary alicyclic amines) is 1. The van der Waals surface area contributed by atoms with Gasteiger partial charge in [0.25, 0.3) is 0 Å². The fraction of sp³-hybridized carbons (Fsp3) is 0.632. The van der Waals surface area contributed by atoms with E-state index in [2.05, 4.69) is 5.32 Å². The van der Waals surface area contributed by atoms with Crippen molar-refractivity contribution in [1.29, 1.82) is 0 Å². The van der Waals surface area contributed by atoms with E-state index in [1.54, 1.807) is 23.1 Å². The monoisotopic (exact) mass is 350 g/mol. The number of nitrogens with one attached hydrogen (secondary N) is 1. The fourth-order valence-corrected chi connectivity index (χ4v) is 4.05. The first-order valence-electron chi connectivity index (χ1n) is 9.07. The average molecular weight is 350 g/mol. The molecule has 2 saturated heterocycles. The third kappa shape index (κ3) is 3.96. The van der Waals surface area contributed by atoms with Crippen LogP contribution in [0.25, 0.3) is 0 Å². The van der Waals surface area contributed by atoms with Gasteiger partial charge in [-0.2, -0.15) is 0 Å². The highest BCUT2D eigenvalue weighted by Gasteiger charge is 2.45. The lowest BCUT2D eigenvalue weighted by atomic mass is 9.70. The van der Waals surface area contributed by atoms with Crippen molar-refractivity contribution >= 4 is 6.03 Å². The summed E-state index contributed by atoms with van der Waals surface area (Å²) >= 11 is 0. The quantitative estimate of drug-likeness (QED) is 0.881. The summed E-state index contributed by atoms with van der Waals surface area (Å²) in [5.41, 5.74) is -0.258. The van der Waals surface area contributed by atoms with E-state index in [0.717, 1.165) is 12.8 Å². The van der Waals surface area contributed by atoms with Gasteiger partial charge in [0.05, 0.1) is 5.60 Å². The summed E-state index contributed by atoms with van der Waals surface area (Å²) in [5, 5.41) is 13.9. The Hall–Kier alpha value is -1.66. The number of piperidine rings is 1. The maximum Gasteiger partial charge on any atom is 0.317 e. The van der Waals surface area contributed by atoms with Crippen LogP contribution in [-0.2, 0) is 11.3 Å². The third-order valence-corrected chi connectivity index (χ3v) is 5.73. The first-order valence-corrected chi connectivity index (χ1v) is 9.07. The lowest BCUT2D eigenvalue weighted by Gasteiger charge is -2.48. The smallest absolute Gasteiger partial charge is 0.317 e. The Morgan fingerprint density at radius 3 is 2.80 bits per heavy atom. The first kappa shape index (κ1) is 18.1. The van der Waals surface area contributed by atoms with Crippen LogP contribution in [0.15, 0.2) is 24.3 Å². The minimum absolute atomic E-state index is 0.00330. The topological polar surface area (TPSA) is 61.8 Å². The van der Waals surface area contributed by atoms with Gasteiger partial charge in [-0.05, 0) is 31.2 Å². The summed E-state index contributed by atoms with van der Waals surface area (Å²) in [7, 11) is 0. The molecule has 0 aromatic heterocycles. The van der Waals surface area contributed by atoms with Crippen LogP contribution in [0.3, 0.4) is 0 Å². The van der Waals surface area contributed by atoms with E-state index < -0.39 is 5.60 Å². The second-order valence-corrected chi connectivity index (χ2v) is 7.23. The lowest BCUT2D eigenvalue weighted by Crippen LogP contribution is -2.58. The number of carbonyl (C=O) groups is 1. The molecular formula is C19H27FN2O3. The summed E-state index contributed by atoms with van der Waals surface area (Å²) < 4.78 is 19.0. The molecule has 3 rings (SSSR count). The van der Waals surface area contributed by atoms with E-state index in [9.17, 15) is 14.3 Å². The van der Waals surface area contributed by atoms with Gasteiger partial charge in [0.15, 0.2) is 0 Å². The van der Waals surface area contributed by atoms with Gasteiger partial charge in [-0.15, -0.1) is 0 Å². The van der Waals surface area contributed by atoms with Crippen LogP contribution < -0.4 is 5.32 Å². The molecule has 0 unspecified atom stereocenters. The van der Waals surface area contributed by atoms with E-state index in [1.165, 1.54) is 6.07 Å². The van der Waals surface area contributed by atoms with E-state index in [1.807, 2.05) is 6.92 Å². The van der Waals surface area contributed by atoms with Crippen molar-refractivity contribution in [2.45, 2.75) is 38.3 Å². The maximum absolute atomic E-state index is 13.6. The summed E-state index contributed by atoms with van der Waals surface area (Å²) in [6.07, 6.45) is 2.33. The lowest BCUT2D eigenvalue weighted by molar-refractivity contribution is -0.125. The van der Waals surface area contributed by atoms with Crippen LogP contribution in [0, 0.1) is 17.7 Å². The van der Waals surface area contributed by atoms with Gasteiger partial charge >= 0.3 is 6.03 Å². The largest absolute Gasteiger partial charge is 0.389 e. The molecule has 2 fully saturated rings. The number of amides is 2. The van der Waals surface area contributed by atoms with Crippen LogP contribution in [0.5, 0.6) is 0 Å². The highest BCUT2D eigenvalue weighted by Crippen LogP contribution is 2.39. The molecule has 6 heteroatoms. The molecule has 2 heterocycles. The predicted octanol–water partition coefficient (Wildman–Crippen LogP) is 2.53. The van der Waals surface area contributed by atoms with Crippen molar-refractivity contribution < 1.29 is 19.0 Å². The fourth-order valence-electron chi connectivity index (χ4n) is 4.05. The van der Waals surface area contributed by atoms with Crippen molar-refractivity contribution in [2.75, 3.05) is 26.3 Å². The molecule has 2 atom stereocenters. The SMILES string of the molecule is C[C@@H]1CN(C(=O)NCc2ccccc2F)CC[C@@]1(O)C1CCOCC1. The van der Waals surface area contributed by atoms with E-state index in [-0.39, 0.29) is 30.2 Å². The number of nitrogens with zero attached hydrogens (tertiary/aromatic N) is 1. The molecule has 0 radical (unpaired) electrons. The molecule has 0 bridgehead atoms. The van der Waals surface area contributed by atoms with Crippen LogP contribution in [-0.4, -0.2) is 47.9 Å². The van der Waals surface area contributed by atoms with E-state index >= 15 is 0 Å². The van der Waals surface area contributed by atoms with Crippen LogP contribution in [0.2, 0.25) is 0 Å². The molecule has 0 aliphatic carbocycles. The summed E-state index contributed by atoms with van der Waals surface area (Å²) in [6.45, 7) is 4.60. The van der Waals surface area contributed by atoms with Crippen LogP contribution >= 0.6 is 0 Å². The number of carbonyl (C=O) groups excluding carboxylic acids is 1. The normalized spacial score (nSPS) is 28.0. The number of ether oxygens (including phenoxy) is 1. The standard InChI is InChI=1S/C19H27FN2O3/c1-14-13-22(9-8-19(14,24)16-6-10-25-11-7-16)18(23)21-12-15-4-2-3-5-17(15)20/h2-5,14,16,24H,6-13H2,1H3,(H,21,23)/t14-,19+/m1/s1. The molecule has 25 heavy (non-hydrogen) atoms. The summed E-state index contributed by atoms with van der Waals surface area (Å²) in [5.74, 6) is -0.0767. The number of benzene rings is 1. The molecule has 138 valence electrons. The van der Waals surface area contributed by atoms with Crippen molar-refractivity contribution in [3.63, 3.8) is 0 Å². The van der Waals surface area contributed by atoms with Crippen LogP contribution in [0.4, 0.5) is 9.18 Å². The first-order chi connectivity index (χ1) is 12.0. The highest BCUT2D eigenvalue weighted by molar-refractivity contribution is 5.74. The second-order valence-electron chi connectivity index (χ2n) is 7.23. The number of aliphatic hydroxyl groups is 1.